The zero-order valence-electron chi connectivity index (χ0n) is 19.8. The van der Waals surface area contributed by atoms with E-state index in [1.54, 1.807) is 11.5 Å². The van der Waals surface area contributed by atoms with Crippen LogP contribution in [0.5, 0.6) is 5.75 Å². The molecule has 0 unspecified atom stereocenters. The number of para-hydroxylation sites is 1. The van der Waals surface area contributed by atoms with Crippen LogP contribution >= 0.6 is 22.7 Å². The molecule has 36 heavy (non-hydrogen) atoms. The largest absolute Gasteiger partial charge is 0.493 e. The van der Waals surface area contributed by atoms with Crippen LogP contribution in [0.4, 0.5) is 0 Å². The summed E-state index contributed by atoms with van der Waals surface area (Å²) < 4.78 is 13.5. The Balaban J connectivity index is 1.59. The number of rotatable bonds is 7. The summed E-state index contributed by atoms with van der Waals surface area (Å²) in [4.78, 5) is 33.2. The minimum atomic E-state index is -0.603. The van der Waals surface area contributed by atoms with Gasteiger partial charge in [-0.25, -0.2) is 9.79 Å². The molecule has 5 rings (SSSR count). The van der Waals surface area contributed by atoms with E-state index in [1.165, 1.54) is 22.7 Å². The zero-order valence-corrected chi connectivity index (χ0v) is 21.5. The van der Waals surface area contributed by atoms with Crippen molar-refractivity contribution in [2.24, 2.45) is 4.99 Å². The van der Waals surface area contributed by atoms with Crippen LogP contribution in [0.2, 0.25) is 0 Å². The van der Waals surface area contributed by atoms with Crippen molar-refractivity contribution in [2.75, 3.05) is 6.61 Å². The summed E-state index contributed by atoms with van der Waals surface area (Å²) >= 11 is 2.80. The van der Waals surface area contributed by atoms with Crippen molar-refractivity contribution in [3.63, 3.8) is 0 Å². The van der Waals surface area contributed by atoms with Gasteiger partial charge in [-0.1, -0.05) is 65.9 Å². The molecule has 2 aromatic heterocycles. The first kappa shape index (κ1) is 24.0. The normalized spacial score (nSPS) is 15.4. The standard InChI is InChI=1S/C28H24N2O4S2/c1-3-33-21-13-8-7-12-20(21)16-23-26(31)30-25(22-14-9-15-35-22)24(18(2)29-28(30)36-23)27(32)34-17-19-10-5-4-6-11-19/h4-16,25H,3,17H2,1-2H3/b23-16+/t25-/m0/s1. The summed E-state index contributed by atoms with van der Waals surface area (Å²) in [5.41, 5.74) is 2.43. The maximum absolute atomic E-state index is 13.7. The van der Waals surface area contributed by atoms with Crippen molar-refractivity contribution in [1.82, 2.24) is 4.57 Å². The molecule has 3 heterocycles. The first-order chi connectivity index (χ1) is 17.6. The molecule has 1 aliphatic heterocycles. The maximum atomic E-state index is 13.7. The molecule has 1 atom stereocenters. The number of fused-ring (bicyclic) bond motifs is 1. The zero-order chi connectivity index (χ0) is 25.1. The van der Waals surface area contributed by atoms with E-state index in [0.717, 1.165) is 16.0 Å². The number of esters is 1. The highest BCUT2D eigenvalue weighted by Gasteiger charge is 2.34. The highest BCUT2D eigenvalue weighted by Crippen LogP contribution is 2.33. The number of ether oxygens (including phenoxy) is 2. The van der Waals surface area contributed by atoms with Gasteiger partial charge < -0.3 is 9.47 Å². The van der Waals surface area contributed by atoms with E-state index in [2.05, 4.69) is 4.99 Å². The van der Waals surface area contributed by atoms with Crippen molar-refractivity contribution in [2.45, 2.75) is 26.5 Å². The molecule has 0 N–H and O–H groups in total. The number of nitrogens with zero attached hydrogens (tertiary/aromatic N) is 2. The van der Waals surface area contributed by atoms with Gasteiger partial charge in [0.1, 0.15) is 18.4 Å². The molecular weight excluding hydrogens is 492 g/mol. The fraction of sp³-hybridized carbons (Fsp3) is 0.179. The van der Waals surface area contributed by atoms with Gasteiger partial charge in [0.25, 0.3) is 5.56 Å². The minimum absolute atomic E-state index is 0.145. The highest BCUT2D eigenvalue weighted by atomic mass is 32.1. The van der Waals surface area contributed by atoms with Crippen LogP contribution in [0.25, 0.3) is 6.08 Å². The van der Waals surface area contributed by atoms with Crippen molar-refractivity contribution in [3.8, 4) is 5.75 Å². The van der Waals surface area contributed by atoms with Crippen molar-refractivity contribution in [3.05, 3.63) is 119 Å². The molecule has 0 aliphatic carbocycles. The molecule has 6 nitrogen and oxygen atoms in total. The van der Waals surface area contributed by atoms with Gasteiger partial charge in [0.05, 0.1) is 22.4 Å². The highest BCUT2D eigenvalue weighted by molar-refractivity contribution is 7.10. The maximum Gasteiger partial charge on any atom is 0.338 e. The van der Waals surface area contributed by atoms with Crippen LogP contribution in [0.3, 0.4) is 0 Å². The molecule has 0 fully saturated rings. The molecular formula is C28H24N2O4S2. The molecule has 0 radical (unpaired) electrons. The SMILES string of the molecule is CCOc1ccccc1/C=c1/sc2n(c1=O)[C@@H](c1cccs1)C(C(=O)OCc1ccccc1)=C(C)N=2. The van der Waals surface area contributed by atoms with Crippen LogP contribution in [-0.2, 0) is 16.1 Å². The molecule has 4 aromatic rings. The topological polar surface area (TPSA) is 69.9 Å². The monoisotopic (exact) mass is 516 g/mol. The predicted molar refractivity (Wildman–Crippen MR) is 142 cm³/mol. The second-order valence-corrected chi connectivity index (χ2v) is 10.1. The molecule has 182 valence electrons. The molecule has 0 saturated carbocycles. The third-order valence-electron chi connectivity index (χ3n) is 5.77. The number of aromatic nitrogens is 1. The lowest BCUT2D eigenvalue weighted by Crippen LogP contribution is -2.39. The molecule has 0 amide bonds. The number of carbonyl (C=O) groups excluding carboxylic acids is 1. The first-order valence-electron chi connectivity index (χ1n) is 11.6. The Morgan fingerprint density at radius 3 is 2.61 bits per heavy atom. The smallest absolute Gasteiger partial charge is 0.338 e. The number of hydrogen-bond donors (Lipinski definition) is 0. The van der Waals surface area contributed by atoms with E-state index in [1.807, 2.05) is 85.1 Å². The number of allylic oxidation sites excluding steroid dienone is 1. The summed E-state index contributed by atoms with van der Waals surface area (Å²) in [5.74, 6) is 0.233. The Bertz CT molecular complexity index is 1600. The number of thiazole rings is 1. The first-order valence-corrected chi connectivity index (χ1v) is 13.2. The van der Waals surface area contributed by atoms with Gasteiger partial charge in [-0.05, 0) is 43.0 Å². The Morgan fingerprint density at radius 2 is 1.86 bits per heavy atom. The van der Waals surface area contributed by atoms with Crippen molar-refractivity contribution < 1.29 is 14.3 Å². The summed E-state index contributed by atoms with van der Waals surface area (Å²) in [5, 5.41) is 1.94. The molecule has 0 bridgehead atoms. The fourth-order valence-corrected chi connectivity index (χ4v) is 5.99. The van der Waals surface area contributed by atoms with Gasteiger partial charge in [0.2, 0.25) is 0 Å². The van der Waals surface area contributed by atoms with E-state index >= 15 is 0 Å². The summed E-state index contributed by atoms with van der Waals surface area (Å²) in [6.45, 7) is 4.39. The molecule has 1 aliphatic rings. The van der Waals surface area contributed by atoms with Crippen LogP contribution in [-0.4, -0.2) is 17.1 Å². The third kappa shape index (κ3) is 4.69. The Hall–Kier alpha value is -3.75. The summed E-state index contributed by atoms with van der Waals surface area (Å²) in [7, 11) is 0. The quantitative estimate of drug-likeness (QED) is 0.341. The lowest BCUT2D eigenvalue weighted by atomic mass is 10.0. The van der Waals surface area contributed by atoms with E-state index in [-0.39, 0.29) is 12.2 Å². The van der Waals surface area contributed by atoms with Crippen LogP contribution < -0.4 is 19.6 Å². The number of benzene rings is 2. The minimum Gasteiger partial charge on any atom is -0.493 e. The van der Waals surface area contributed by atoms with E-state index in [9.17, 15) is 9.59 Å². The van der Waals surface area contributed by atoms with Gasteiger partial charge >= 0.3 is 5.97 Å². The average Bonchev–Trinajstić information content (AvgIpc) is 3.52. The fourth-order valence-electron chi connectivity index (χ4n) is 4.13. The van der Waals surface area contributed by atoms with E-state index < -0.39 is 12.0 Å². The number of hydrogen-bond acceptors (Lipinski definition) is 7. The number of thiophene rings is 1. The van der Waals surface area contributed by atoms with Crippen molar-refractivity contribution in [1.29, 1.82) is 0 Å². The van der Waals surface area contributed by atoms with Gasteiger partial charge in [0.15, 0.2) is 4.80 Å². The van der Waals surface area contributed by atoms with Gasteiger partial charge in [0, 0.05) is 10.4 Å². The average molecular weight is 517 g/mol. The molecule has 8 heteroatoms. The molecule has 2 aromatic carbocycles. The van der Waals surface area contributed by atoms with Crippen LogP contribution in [0.1, 0.15) is 35.9 Å². The third-order valence-corrected chi connectivity index (χ3v) is 7.68. The molecule has 0 saturated heterocycles. The molecule has 0 spiro atoms. The van der Waals surface area contributed by atoms with Crippen molar-refractivity contribution >= 4 is 34.7 Å². The Labute approximate surface area is 216 Å². The van der Waals surface area contributed by atoms with Crippen LogP contribution in [0.15, 0.2) is 93.2 Å². The Morgan fingerprint density at radius 1 is 1.08 bits per heavy atom. The van der Waals surface area contributed by atoms with Gasteiger partial charge in [-0.15, -0.1) is 11.3 Å². The van der Waals surface area contributed by atoms with E-state index in [0.29, 0.717) is 33.0 Å². The van der Waals surface area contributed by atoms with Gasteiger partial charge in [-0.2, -0.15) is 0 Å². The predicted octanol–water partition coefficient (Wildman–Crippen LogP) is 4.44. The van der Waals surface area contributed by atoms with Gasteiger partial charge in [-0.3, -0.25) is 9.36 Å². The summed E-state index contributed by atoms with van der Waals surface area (Å²) in [6, 6.07) is 20.4. The van der Waals surface area contributed by atoms with Crippen LogP contribution in [0, 0.1) is 0 Å². The van der Waals surface area contributed by atoms with E-state index in [4.69, 9.17) is 9.47 Å². The lowest BCUT2D eigenvalue weighted by Gasteiger charge is -2.23. The second-order valence-electron chi connectivity index (χ2n) is 8.13. The lowest BCUT2D eigenvalue weighted by molar-refractivity contribution is -0.140. The number of carbonyl (C=O) groups is 1. The Kier molecular flexibility index (Phi) is 6.97. The summed E-state index contributed by atoms with van der Waals surface area (Å²) in [6.07, 6.45) is 1.83. The second kappa shape index (κ2) is 10.5.